The van der Waals surface area contributed by atoms with Crippen LogP contribution in [0, 0.1) is 0 Å². The van der Waals surface area contributed by atoms with Gasteiger partial charge in [-0.2, -0.15) is 0 Å². The van der Waals surface area contributed by atoms with Gasteiger partial charge in [-0.1, -0.05) is 107 Å². The lowest BCUT2D eigenvalue weighted by molar-refractivity contribution is -0.305. The highest BCUT2D eigenvalue weighted by Gasteiger charge is 2.44. The summed E-state index contributed by atoms with van der Waals surface area (Å²) in [5.74, 6) is -0.866. The predicted octanol–water partition coefficient (Wildman–Crippen LogP) is 6.15. The molecule has 4 N–H and O–H groups in total. The van der Waals surface area contributed by atoms with Gasteiger partial charge in [-0.25, -0.2) is 0 Å². The van der Waals surface area contributed by atoms with Crippen LogP contribution in [0.5, 0.6) is 0 Å². The molecule has 1 rings (SSSR count). The average Bonchev–Trinajstić information content (AvgIpc) is 3.08. The molecule has 10 nitrogen and oxygen atoms in total. The molecule has 0 aromatic carbocycles. The molecule has 6 atom stereocenters. The Labute approximate surface area is 288 Å². The minimum absolute atomic E-state index is 0.177. The highest BCUT2D eigenvalue weighted by Crippen LogP contribution is 2.22. The fourth-order valence-electron chi connectivity index (χ4n) is 5.06. The predicted molar refractivity (Wildman–Crippen MR) is 187 cm³/mol. The van der Waals surface area contributed by atoms with Crippen LogP contribution in [0.15, 0.2) is 48.6 Å². The van der Waals surface area contributed by atoms with Crippen LogP contribution < -0.4 is 0 Å². The molecular weight excluding hydrogens is 616 g/mol. The van der Waals surface area contributed by atoms with E-state index >= 15 is 0 Å². The van der Waals surface area contributed by atoms with Crippen LogP contribution in [0.4, 0.5) is 0 Å². The van der Waals surface area contributed by atoms with E-state index < -0.39 is 55.4 Å². The van der Waals surface area contributed by atoms with Gasteiger partial charge in [0.15, 0.2) is 12.4 Å². The molecule has 48 heavy (non-hydrogen) atoms. The zero-order valence-corrected chi connectivity index (χ0v) is 29.5. The van der Waals surface area contributed by atoms with Crippen LogP contribution in [0.1, 0.15) is 123 Å². The van der Waals surface area contributed by atoms with Crippen LogP contribution in [0.2, 0.25) is 0 Å². The minimum Gasteiger partial charge on any atom is -0.462 e. The number of carbonyl (C=O) groups excluding carboxylic acids is 2. The van der Waals surface area contributed by atoms with Crippen molar-refractivity contribution in [3.05, 3.63) is 48.6 Å². The molecule has 0 aromatic heterocycles. The van der Waals surface area contributed by atoms with Crippen molar-refractivity contribution in [2.75, 3.05) is 19.8 Å². The number of allylic oxidation sites excluding steroid dienone is 8. The number of esters is 2. The quantitative estimate of drug-likeness (QED) is 0.0430. The van der Waals surface area contributed by atoms with E-state index in [0.29, 0.717) is 6.42 Å². The average molecular weight is 681 g/mol. The van der Waals surface area contributed by atoms with E-state index in [0.717, 1.165) is 64.2 Å². The Hall–Kier alpha value is -2.34. The first-order chi connectivity index (χ1) is 23.3. The maximum atomic E-state index is 12.6. The van der Waals surface area contributed by atoms with Crippen molar-refractivity contribution in [3.63, 3.8) is 0 Å². The molecule has 1 heterocycles. The van der Waals surface area contributed by atoms with Crippen molar-refractivity contribution in [1.82, 2.24) is 0 Å². The highest BCUT2D eigenvalue weighted by molar-refractivity contribution is 5.70. The zero-order valence-electron chi connectivity index (χ0n) is 29.5. The van der Waals surface area contributed by atoms with Crippen LogP contribution in [0.25, 0.3) is 0 Å². The molecule has 1 saturated heterocycles. The topological polar surface area (TPSA) is 152 Å². The normalized spacial score (nSPS) is 22.3. The van der Waals surface area contributed by atoms with Gasteiger partial charge in [-0.3, -0.25) is 9.59 Å². The van der Waals surface area contributed by atoms with Crippen LogP contribution in [-0.2, 0) is 28.5 Å². The lowest BCUT2D eigenvalue weighted by Crippen LogP contribution is -2.59. The number of aliphatic hydroxyl groups is 4. The van der Waals surface area contributed by atoms with Crippen molar-refractivity contribution >= 4 is 11.9 Å². The van der Waals surface area contributed by atoms with E-state index in [2.05, 4.69) is 62.5 Å². The van der Waals surface area contributed by atoms with Gasteiger partial charge in [-0.15, -0.1) is 0 Å². The molecule has 0 bridgehead atoms. The lowest BCUT2D eigenvalue weighted by Gasteiger charge is -2.39. The van der Waals surface area contributed by atoms with Gasteiger partial charge in [0.25, 0.3) is 0 Å². The smallest absolute Gasteiger partial charge is 0.306 e. The second kappa shape index (κ2) is 29.6. The van der Waals surface area contributed by atoms with E-state index in [1.165, 1.54) is 25.7 Å². The Morgan fingerprint density at radius 3 is 1.85 bits per heavy atom. The van der Waals surface area contributed by atoms with Gasteiger partial charge in [0.05, 0.1) is 13.2 Å². The number of unbranched alkanes of at least 4 members (excludes halogenated alkanes) is 9. The third kappa shape index (κ3) is 21.6. The number of aliphatic hydroxyl groups excluding tert-OH is 4. The maximum Gasteiger partial charge on any atom is 0.306 e. The largest absolute Gasteiger partial charge is 0.462 e. The Bertz CT molecular complexity index is 928. The molecule has 10 heteroatoms. The van der Waals surface area contributed by atoms with E-state index in [9.17, 15) is 30.0 Å². The van der Waals surface area contributed by atoms with E-state index in [1.54, 1.807) is 0 Å². The van der Waals surface area contributed by atoms with Gasteiger partial charge in [-0.05, 0) is 51.4 Å². The SMILES string of the molecule is CC/C=C\C/C=C\C/C=C\C/C=C\CCCCC(=O)OC(COC(=O)CCCCCCCCCC)COC1OC(CO)C(O)C(O)C1O. The van der Waals surface area contributed by atoms with Crippen molar-refractivity contribution in [2.24, 2.45) is 0 Å². The van der Waals surface area contributed by atoms with Crippen LogP contribution >= 0.6 is 0 Å². The molecule has 0 aromatic rings. The number of hydrogen-bond donors (Lipinski definition) is 4. The van der Waals surface area contributed by atoms with Crippen LogP contribution in [0.3, 0.4) is 0 Å². The fraction of sp³-hybridized carbons (Fsp3) is 0.737. The second-order valence-corrected chi connectivity index (χ2v) is 12.3. The summed E-state index contributed by atoms with van der Waals surface area (Å²) in [5, 5.41) is 39.8. The molecular formula is C38H64O10. The summed E-state index contributed by atoms with van der Waals surface area (Å²) in [6, 6.07) is 0. The van der Waals surface area contributed by atoms with Gasteiger partial charge < -0.3 is 39.4 Å². The van der Waals surface area contributed by atoms with Crippen LogP contribution in [-0.4, -0.2) is 89.0 Å². The summed E-state index contributed by atoms with van der Waals surface area (Å²) in [5.41, 5.74) is 0. The van der Waals surface area contributed by atoms with E-state index in [-0.39, 0.29) is 26.1 Å². The molecule has 0 saturated carbocycles. The van der Waals surface area contributed by atoms with Gasteiger partial charge >= 0.3 is 11.9 Å². The summed E-state index contributed by atoms with van der Waals surface area (Å²) in [7, 11) is 0. The molecule has 0 spiro atoms. The Balaban J connectivity index is 2.46. The van der Waals surface area contributed by atoms with Gasteiger partial charge in [0, 0.05) is 12.8 Å². The van der Waals surface area contributed by atoms with E-state index in [4.69, 9.17) is 18.9 Å². The third-order valence-corrected chi connectivity index (χ3v) is 7.98. The minimum atomic E-state index is -1.60. The monoisotopic (exact) mass is 680 g/mol. The second-order valence-electron chi connectivity index (χ2n) is 12.3. The van der Waals surface area contributed by atoms with Gasteiger partial charge in [0.2, 0.25) is 0 Å². The number of carbonyl (C=O) groups is 2. The summed E-state index contributed by atoms with van der Waals surface area (Å²) in [4.78, 5) is 25.0. The molecule has 0 amide bonds. The summed E-state index contributed by atoms with van der Waals surface area (Å²) < 4.78 is 21.9. The fourth-order valence-corrected chi connectivity index (χ4v) is 5.06. The molecule has 1 aliphatic heterocycles. The van der Waals surface area contributed by atoms with E-state index in [1.807, 2.05) is 0 Å². The first-order valence-corrected chi connectivity index (χ1v) is 18.2. The third-order valence-electron chi connectivity index (χ3n) is 7.98. The Morgan fingerprint density at radius 2 is 1.23 bits per heavy atom. The zero-order chi connectivity index (χ0) is 35.2. The summed E-state index contributed by atoms with van der Waals surface area (Å²) >= 11 is 0. The Morgan fingerprint density at radius 1 is 0.667 bits per heavy atom. The molecule has 0 aliphatic carbocycles. The van der Waals surface area contributed by atoms with Gasteiger partial charge in [0.1, 0.15) is 31.0 Å². The first kappa shape index (κ1) is 43.7. The molecule has 6 unspecified atom stereocenters. The van der Waals surface area contributed by atoms with Crippen molar-refractivity contribution in [1.29, 1.82) is 0 Å². The van der Waals surface area contributed by atoms with Crippen molar-refractivity contribution in [3.8, 4) is 0 Å². The summed E-state index contributed by atoms with van der Waals surface area (Å²) in [6.45, 7) is 3.19. The standard InChI is InChI=1S/C38H64O10/c1-3-5-7-9-11-13-14-15-16-17-18-19-21-23-25-27-34(41)47-31(29-45-33(40)26-24-22-20-12-10-8-6-4-2)30-46-38-37(44)36(43)35(42)32(28-39)48-38/h5,7,11,13,15-16,18-19,31-32,35-39,42-44H,3-4,6,8-10,12,14,17,20-30H2,1-2H3/b7-5-,13-11-,16-15-,19-18-. The Kier molecular flexibility index (Phi) is 26.9. The maximum absolute atomic E-state index is 12.6. The molecule has 1 fully saturated rings. The summed E-state index contributed by atoms with van der Waals surface area (Å²) in [6.07, 6.45) is 24.3. The van der Waals surface area contributed by atoms with Crippen molar-refractivity contribution in [2.45, 2.75) is 160 Å². The number of rotatable bonds is 28. The molecule has 276 valence electrons. The molecule has 1 aliphatic rings. The lowest BCUT2D eigenvalue weighted by atomic mass is 9.99. The first-order valence-electron chi connectivity index (χ1n) is 18.2. The highest BCUT2D eigenvalue weighted by atomic mass is 16.7. The van der Waals surface area contributed by atoms with Crippen molar-refractivity contribution < 1.29 is 49.0 Å². The number of hydrogen-bond acceptors (Lipinski definition) is 10. The molecule has 0 radical (unpaired) electrons. The number of ether oxygens (including phenoxy) is 4.